The minimum absolute atomic E-state index is 0.321. The number of anilines is 2. The predicted octanol–water partition coefficient (Wildman–Crippen LogP) is 2.71. The average molecular weight is 376 g/mol. The summed E-state index contributed by atoms with van der Waals surface area (Å²) in [5.41, 5.74) is 2.56. The molecular formula is C18H20N2O5S. The van der Waals surface area contributed by atoms with E-state index in [0.717, 1.165) is 6.26 Å². The van der Waals surface area contributed by atoms with Gasteiger partial charge in [-0.25, -0.2) is 13.2 Å². The van der Waals surface area contributed by atoms with E-state index in [-0.39, 0.29) is 0 Å². The number of esters is 1. The van der Waals surface area contributed by atoms with Gasteiger partial charge < -0.3 is 10.1 Å². The molecule has 0 aliphatic rings. The number of carbonyl (C=O) groups excluding carboxylic acids is 2. The van der Waals surface area contributed by atoms with Gasteiger partial charge in [0.05, 0.1) is 24.6 Å². The van der Waals surface area contributed by atoms with Crippen LogP contribution in [-0.2, 0) is 14.8 Å². The third-order valence-electron chi connectivity index (χ3n) is 3.86. The summed E-state index contributed by atoms with van der Waals surface area (Å²) >= 11 is 0. The van der Waals surface area contributed by atoms with E-state index in [1.807, 2.05) is 0 Å². The molecule has 0 radical (unpaired) electrons. The van der Waals surface area contributed by atoms with E-state index in [1.165, 1.54) is 7.11 Å². The fourth-order valence-corrected chi connectivity index (χ4v) is 3.10. The van der Waals surface area contributed by atoms with Crippen LogP contribution >= 0.6 is 0 Å². The van der Waals surface area contributed by atoms with Crippen molar-refractivity contribution >= 4 is 33.3 Å². The van der Waals surface area contributed by atoms with Gasteiger partial charge in [0.25, 0.3) is 5.91 Å². The van der Waals surface area contributed by atoms with E-state index >= 15 is 0 Å². The van der Waals surface area contributed by atoms with Crippen molar-refractivity contribution in [2.75, 3.05) is 23.4 Å². The zero-order valence-corrected chi connectivity index (χ0v) is 15.7. The molecule has 0 heterocycles. The van der Waals surface area contributed by atoms with Crippen molar-refractivity contribution in [3.8, 4) is 0 Å². The first kappa shape index (κ1) is 19.5. The largest absolute Gasteiger partial charge is 0.465 e. The van der Waals surface area contributed by atoms with Gasteiger partial charge in [0.15, 0.2) is 0 Å². The third kappa shape index (κ3) is 4.40. The molecule has 0 aromatic heterocycles. The summed E-state index contributed by atoms with van der Waals surface area (Å²) in [6.45, 7) is 3.36. The molecule has 0 atom stereocenters. The normalized spacial score (nSPS) is 10.9. The third-order valence-corrected chi connectivity index (χ3v) is 4.45. The van der Waals surface area contributed by atoms with E-state index in [2.05, 4.69) is 10.0 Å². The van der Waals surface area contributed by atoms with Crippen molar-refractivity contribution in [3.05, 3.63) is 58.7 Å². The zero-order chi connectivity index (χ0) is 19.5. The Balaban J connectivity index is 2.35. The maximum Gasteiger partial charge on any atom is 0.338 e. The van der Waals surface area contributed by atoms with Crippen LogP contribution in [0.25, 0.3) is 0 Å². The van der Waals surface area contributed by atoms with Crippen LogP contribution in [0.1, 0.15) is 31.8 Å². The Morgan fingerprint density at radius 2 is 1.46 bits per heavy atom. The number of carbonyl (C=O) groups is 2. The summed E-state index contributed by atoms with van der Waals surface area (Å²) in [5.74, 6) is -0.904. The Kier molecular flexibility index (Phi) is 5.66. The number of methoxy groups -OCH3 is 1. The number of ether oxygens (including phenoxy) is 1. The van der Waals surface area contributed by atoms with Gasteiger partial charge in [-0.15, -0.1) is 0 Å². The second-order valence-electron chi connectivity index (χ2n) is 5.78. The van der Waals surface area contributed by atoms with Crippen LogP contribution in [-0.4, -0.2) is 33.7 Å². The highest BCUT2D eigenvalue weighted by atomic mass is 32.2. The van der Waals surface area contributed by atoms with E-state index < -0.39 is 21.9 Å². The SMILES string of the molecule is COC(=O)c1cccc(NC(=O)c2cccc(NS(C)(=O)=O)c2C)c1C. The molecule has 0 bridgehead atoms. The molecule has 2 aromatic carbocycles. The number of benzene rings is 2. The lowest BCUT2D eigenvalue weighted by Gasteiger charge is -2.14. The summed E-state index contributed by atoms with van der Waals surface area (Å²) in [5, 5.41) is 2.75. The molecule has 7 nitrogen and oxygen atoms in total. The minimum atomic E-state index is -3.46. The van der Waals surface area contributed by atoms with Crippen LogP contribution in [0.3, 0.4) is 0 Å². The first-order chi connectivity index (χ1) is 12.1. The van der Waals surface area contributed by atoms with E-state index in [9.17, 15) is 18.0 Å². The van der Waals surface area contributed by atoms with Crippen LogP contribution in [0.2, 0.25) is 0 Å². The summed E-state index contributed by atoms with van der Waals surface area (Å²) < 4.78 is 30.0. The van der Waals surface area contributed by atoms with Crippen molar-refractivity contribution in [1.29, 1.82) is 0 Å². The summed E-state index contributed by atoms with van der Waals surface area (Å²) in [7, 11) is -2.17. The molecule has 138 valence electrons. The Bertz CT molecular complexity index is 968. The lowest BCUT2D eigenvalue weighted by atomic mass is 10.0. The molecule has 2 N–H and O–H groups in total. The molecule has 26 heavy (non-hydrogen) atoms. The quantitative estimate of drug-likeness (QED) is 0.781. The molecule has 0 saturated carbocycles. The molecule has 2 rings (SSSR count). The smallest absolute Gasteiger partial charge is 0.338 e. The molecule has 8 heteroatoms. The van der Waals surface area contributed by atoms with Crippen LogP contribution < -0.4 is 10.0 Å². The highest BCUT2D eigenvalue weighted by Gasteiger charge is 2.17. The summed E-state index contributed by atoms with van der Waals surface area (Å²) in [6, 6.07) is 9.69. The maximum atomic E-state index is 12.7. The van der Waals surface area contributed by atoms with Crippen molar-refractivity contribution in [1.82, 2.24) is 0 Å². The molecule has 0 saturated heterocycles. The fraction of sp³-hybridized carbons (Fsp3) is 0.222. The Hall–Kier alpha value is -2.87. The average Bonchev–Trinajstić information content (AvgIpc) is 2.56. The van der Waals surface area contributed by atoms with Crippen LogP contribution in [0.4, 0.5) is 11.4 Å². The lowest BCUT2D eigenvalue weighted by molar-refractivity contribution is 0.0599. The molecular weight excluding hydrogens is 356 g/mol. The van der Waals surface area contributed by atoms with Crippen molar-refractivity contribution in [3.63, 3.8) is 0 Å². The fourth-order valence-electron chi connectivity index (χ4n) is 2.48. The van der Waals surface area contributed by atoms with Gasteiger partial charge in [-0.3, -0.25) is 9.52 Å². The van der Waals surface area contributed by atoms with Gasteiger partial charge >= 0.3 is 5.97 Å². The Labute approximate surface area is 152 Å². The number of rotatable bonds is 5. The van der Waals surface area contributed by atoms with E-state index in [1.54, 1.807) is 50.2 Å². The molecule has 0 aliphatic heterocycles. The van der Waals surface area contributed by atoms with Crippen LogP contribution in [0.15, 0.2) is 36.4 Å². The number of amides is 1. The highest BCUT2D eigenvalue weighted by molar-refractivity contribution is 7.92. The van der Waals surface area contributed by atoms with Gasteiger partial charge in [-0.1, -0.05) is 12.1 Å². The second-order valence-corrected chi connectivity index (χ2v) is 7.52. The minimum Gasteiger partial charge on any atom is -0.465 e. The van der Waals surface area contributed by atoms with Crippen molar-refractivity contribution in [2.24, 2.45) is 0 Å². The molecule has 0 spiro atoms. The van der Waals surface area contributed by atoms with E-state index in [0.29, 0.717) is 33.6 Å². The van der Waals surface area contributed by atoms with Crippen molar-refractivity contribution < 1.29 is 22.7 Å². The monoisotopic (exact) mass is 376 g/mol. The Morgan fingerprint density at radius 1 is 0.923 bits per heavy atom. The lowest BCUT2D eigenvalue weighted by Crippen LogP contribution is -2.17. The maximum absolute atomic E-state index is 12.7. The van der Waals surface area contributed by atoms with Crippen molar-refractivity contribution in [2.45, 2.75) is 13.8 Å². The second kappa shape index (κ2) is 7.57. The van der Waals surface area contributed by atoms with E-state index in [4.69, 9.17) is 4.74 Å². The number of nitrogens with one attached hydrogen (secondary N) is 2. The summed E-state index contributed by atoms with van der Waals surface area (Å²) in [6.07, 6.45) is 1.04. The predicted molar refractivity (Wildman–Crippen MR) is 100 cm³/mol. The zero-order valence-electron chi connectivity index (χ0n) is 14.9. The van der Waals surface area contributed by atoms with Crippen LogP contribution in [0.5, 0.6) is 0 Å². The molecule has 0 unspecified atom stereocenters. The van der Waals surface area contributed by atoms with Gasteiger partial charge in [-0.2, -0.15) is 0 Å². The van der Waals surface area contributed by atoms with Crippen LogP contribution in [0, 0.1) is 13.8 Å². The number of hydrogen-bond donors (Lipinski definition) is 2. The van der Waals surface area contributed by atoms with Gasteiger partial charge in [0.1, 0.15) is 0 Å². The first-order valence-corrected chi connectivity index (χ1v) is 9.60. The topological polar surface area (TPSA) is 102 Å². The number of sulfonamides is 1. The van der Waals surface area contributed by atoms with Gasteiger partial charge in [0, 0.05) is 11.3 Å². The highest BCUT2D eigenvalue weighted by Crippen LogP contribution is 2.23. The van der Waals surface area contributed by atoms with Gasteiger partial charge in [0.2, 0.25) is 10.0 Å². The molecule has 0 fully saturated rings. The molecule has 1 amide bonds. The Morgan fingerprint density at radius 3 is 2.04 bits per heavy atom. The molecule has 2 aromatic rings. The number of hydrogen-bond acceptors (Lipinski definition) is 5. The standard InChI is InChI=1S/C18H20N2O5S/c1-11-13(7-5-10-16(11)20-26(4,23)24)17(21)19-15-9-6-8-14(12(15)2)18(22)25-3/h5-10,20H,1-4H3,(H,19,21). The van der Waals surface area contributed by atoms with Gasteiger partial charge in [-0.05, 0) is 49.2 Å². The first-order valence-electron chi connectivity index (χ1n) is 7.70. The summed E-state index contributed by atoms with van der Waals surface area (Å²) in [4.78, 5) is 24.4. The molecule has 0 aliphatic carbocycles.